The van der Waals surface area contributed by atoms with Gasteiger partial charge in [-0.1, -0.05) is 23.8 Å². The lowest BCUT2D eigenvalue weighted by Crippen LogP contribution is -2.00. The van der Waals surface area contributed by atoms with Crippen LogP contribution in [-0.4, -0.2) is 27.8 Å². The summed E-state index contributed by atoms with van der Waals surface area (Å²) in [5.74, 6) is -0.500. The fourth-order valence-electron chi connectivity index (χ4n) is 2.71. The van der Waals surface area contributed by atoms with Gasteiger partial charge in [0.2, 0.25) is 0 Å². The smallest absolute Gasteiger partial charge is 0.336 e. The van der Waals surface area contributed by atoms with Crippen LogP contribution in [0.1, 0.15) is 34.1 Å². The Morgan fingerprint density at radius 3 is 2.69 bits per heavy atom. The van der Waals surface area contributed by atoms with Gasteiger partial charge in [-0.2, -0.15) is 0 Å². The molecule has 2 N–H and O–H groups in total. The molecule has 2 aromatic carbocycles. The van der Waals surface area contributed by atoms with Crippen molar-refractivity contribution >= 4 is 29.0 Å². The van der Waals surface area contributed by atoms with E-state index in [1.165, 1.54) is 0 Å². The molecule has 0 aliphatic rings. The number of aromatic carboxylic acids is 1. The summed E-state index contributed by atoms with van der Waals surface area (Å²) in [6.45, 7) is 4.21. The summed E-state index contributed by atoms with van der Waals surface area (Å²) >= 11 is 0. The number of aryl methyl sites for hydroxylation is 1. The molecule has 0 fully saturated rings. The zero-order valence-corrected chi connectivity index (χ0v) is 14.6. The fourth-order valence-corrected chi connectivity index (χ4v) is 2.71. The van der Waals surface area contributed by atoms with Crippen LogP contribution < -0.4 is 4.74 Å². The lowest BCUT2D eigenvalue weighted by molar-refractivity contribution is 0.0699. The van der Waals surface area contributed by atoms with Crippen LogP contribution >= 0.6 is 0 Å². The van der Waals surface area contributed by atoms with Gasteiger partial charge in [-0.25, -0.2) is 9.78 Å². The Hall–Kier alpha value is -3.34. The van der Waals surface area contributed by atoms with E-state index in [1.54, 1.807) is 36.4 Å². The van der Waals surface area contributed by atoms with Crippen molar-refractivity contribution in [3.05, 3.63) is 64.8 Å². The van der Waals surface area contributed by atoms with Crippen LogP contribution in [0, 0.1) is 6.92 Å². The molecule has 0 saturated heterocycles. The van der Waals surface area contributed by atoms with E-state index in [-0.39, 0.29) is 11.3 Å². The van der Waals surface area contributed by atoms with Crippen LogP contribution in [-0.2, 0) is 0 Å². The molecule has 5 heteroatoms. The molecule has 1 heterocycles. The van der Waals surface area contributed by atoms with E-state index in [1.807, 2.05) is 32.0 Å². The number of aromatic hydroxyl groups is 1. The number of benzene rings is 2. The zero-order valence-electron chi connectivity index (χ0n) is 14.6. The van der Waals surface area contributed by atoms with E-state index in [9.17, 15) is 15.0 Å². The quantitative estimate of drug-likeness (QED) is 0.708. The number of pyridine rings is 1. The van der Waals surface area contributed by atoms with Gasteiger partial charge in [0, 0.05) is 5.39 Å². The molecule has 3 aromatic rings. The minimum Gasteiger partial charge on any atom is -0.504 e. The Kier molecular flexibility index (Phi) is 4.89. The first-order chi connectivity index (χ1) is 12.5. The molecule has 132 valence electrons. The van der Waals surface area contributed by atoms with Crippen LogP contribution in [0.15, 0.2) is 42.5 Å². The van der Waals surface area contributed by atoms with Gasteiger partial charge in [0.05, 0.1) is 23.4 Å². The second-order valence-corrected chi connectivity index (χ2v) is 5.91. The highest BCUT2D eigenvalue weighted by molar-refractivity contribution is 6.03. The van der Waals surface area contributed by atoms with Crippen molar-refractivity contribution in [3.63, 3.8) is 0 Å². The second kappa shape index (κ2) is 7.27. The number of phenolic OH excluding ortho intramolecular Hbond substituents is 1. The van der Waals surface area contributed by atoms with Gasteiger partial charge in [-0.3, -0.25) is 0 Å². The summed E-state index contributed by atoms with van der Waals surface area (Å²) < 4.78 is 5.37. The number of carbonyl (C=O) groups is 1. The van der Waals surface area contributed by atoms with E-state index in [0.717, 1.165) is 11.1 Å². The minimum atomic E-state index is -0.985. The molecule has 0 aliphatic carbocycles. The van der Waals surface area contributed by atoms with E-state index in [4.69, 9.17) is 4.74 Å². The highest BCUT2D eigenvalue weighted by atomic mass is 16.5. The third kappa shape index (κ3) is 3.67. The third-order valence-corrected chi connectivity index (χ3v) is 3.94. The number of aromatic nitrogens is 1. The van der Waals surface area contributed by atoms with E-state index < -0.39 is 5.97 Å². The molecule has 26 heavy (non-hydrogen) atoms. The van der Waals surface area contributed by atoms with Crippen LogP contribution in [0.3, 0.4) is 0 Å². The summed E-state index contributed by atoms with van der Waals surface area (Å²) in [5, 5.41) is 19.9. The molecule has 0 radical (unpaired) electrons. The van der Waals surface area contributed by atoms with Crippen molar-refractivity contribution in [2.24, 2.45) is 0 Å². The fraction of sp³-hybridized carbons (Fsp3) is 0.143. The SMILES string of the molecule is CCOc1cc(C=Cc2cc(C(=O)O)c3cc(C)ccc3n2)ccc1O. The lowest BCUT2D eigenvalue weighted by Gasteiger charge is -2.07. The van der Waals surface area contributed by atoms with Crippen molar-refractivity contribution in [1.82, 2.24) is 4.98 Å². The Bertz CT molecular complexity index is 1010. The molecule has 0 spiro atoms. The average molecular weight is 349 g/mol. The number of carboxylic acids is 1. The Morgan fingerprint density at radius 2 is 1.96 bits per heavy atom. The number of carboxylic acid groups (broad SMARTS) is 1. The number of ether oxygens (including phenoxy) is 1. The highest BCUT2D eigenvalue weighted by Crippen LogP contribution is 2.28. The monoisotopic (exact) mass is 349 g/mol. The number of hydrogen-bond donors (Lipinski definition) is 2. The number of rotatable bonds is 5. The van der Waals surface area contributed by atoms with Crippen molar-refractivity contribution < 1.29 is 19.7 Å². The van der Waals surface area contributed by atoms with Crippen LogP contribution in [0.25, 0.3) is 23.1 Å². The molecular weight excluding hydrogens is 330 g/mol. The summed E-state index contributed by atoms with van der Waals surface area (Å²) in [4.78, 5) is 16.1. The minimum absolute atomic E-state index is 0.0800. The first-order valence-electron chi connectivity index (χ1n) is 8.26. The van der Waals surface area contributed by atoms with Gasteiger partial charge >= 0.3 is 5.97 Å². The predicted octanol–water partition coefficient (Wildman–Crippen LogP) is 4.52. The van der Waals surface area contributed by atoms with Gasteiger partial charge in [-0.05, 0) is 55.8 Å². The van der Waals surface area contributed by atoms with Crippen LogP contribution in [0.4, 0.5) is 0 Å². The normalized spacial score (nSPS) is 11.2. The average Bonchev–Trinajstić information content (AvgIpc) is 2.62. The Balaban J connectivity index is 2.01. The predicted molar refractivity (Wildman–Crippen MR) is 102 cm³/mol. The van der Waals surface area contributed by atoms with Gasteiger partial charge < -0.3 is 14.9 Å². The van der Waals surface area contributed by atoms with Crippen molar-refractivity contribution in [2.75, 3.05) is 6.61 Å². The Morgan fingerprint density at radius 1 is 1.15 bits per heavy atom. The molecule has 0 aliphatic heterocycles. The molecule has 3 rings (SSSR count). The molecule has 0 bridgehead atoms. The standard InChI is InChI=1S/C21H19NO4/c1-3-26-20-11-14(6-9-19(20)23)5-7-15-12-17(21(24)25)16-10-13(2)4-8-18(16)22-15/h4-12,23H,3H2,1-2H3,(H,24,25). The molecule has 0 saturated carbocycles. The number of hydrogen-bond acceptors (Lipinski definition) is 4. The maximum Gasteiger partial charge on any atom is 0.336 e. The molecule has 0 unspecified atom stereocenters. The van der Waals surface area contributed by atoms with Gasteiger partial charge in [0.25, 0.3) is 0 Å². The van der Waals surface area contributed by atoms with E-state index >= 15 is 0 Å². The van der Waals surface area contributed by atoms with Crippen LogP contribution in [0.2, 0.25) is 0 Å². The summed E-state index contributed by atoms with van der Waals surface area (Å²) in [6.07, 6.45) is 3.55. The summed E-state index contributed by atoms with van der Waals surface area (Å²) in [6, 6.07) is 12.1. The number of fused-ring (bicyclic) bond motifs is 1. The van der Waals surface area contributed by atoms with Gasteiger partial charge in [0.15, 0.2) is 11.5 Å². The maximum atomic E-state index is 11.6. The number of nitrogens with zero attached hydrogens (tertiary/aromatic N) is 1. The molecule has 1 aromatic heterocycles. The third-order valence-electron chi connectivity index (χ3n) is 3.94. The largest absolute Gasteiger partial charge is 0.504 e. The molecule has 0 atom stereocenters. The maximum absolute atomic E-state index is 11.6. The Labute approximate surface area is 151 Å². The molecular formula is C21H19NO4. The topological polar surface area (TPSA) is 79.7 Å². The molecule has 0 amide bonds. The first kappa shape index (κ1) is 17.5. The summed E-state index contributed by atoms with van der Waals surface area (Å²) in [5.41, 5.74) is 3.20. The summed E-state index contributed by atoms with van der Waals surface area (Å²) in [7, 11) is 0. The van der Waals surface area contributed by atoms with Gasteiger partial charge in [0.1, 0.15) is 0 Å². The van der Waals surface area contributed by atoms with E-state index in [0.29, 0.717) is 29.0 Å². The second-order valence-electron chi connectivity index (χ2n) is 5.91. The van der Waals surface area contributed by atoms with Crippen LogP contribution in [0.5, 0.6) is 11.5 Å². The number of phenols is 1. The van der Waals surface area contributed by atoms with Crippen molar-refractivity contribution in [1.29, 1.82) is 0 Å². The molecule has 5 nitrogen and oxygen atoms in total. The van der Waals surface area contributed by atoms with Gasteiger partial charge in [-0.15, -0.1) is 0 Å². The lowest BCUT2D eigenvalue weighted by atomic mass is 10.0. The van der Waals surface area contributed by atoms with Crippen molar-refractivity contribution in [3.8, 4) is 11.5 Å². The highest BCUT2D eigenvalue weighted by Gasteiger charge is 2.11. The van der Waals surface area contributed by atoms with E-state index in [2.05, 4.69) is 4.98 Å². The first-order valence-corrected chi connectivity index (χ1v) is 8.26. The zero-order chi connectivity index (χ0) is 18.7. The van der Waals surface area contributed by atoms with Crippen molar-refractivity contribution in [2.45, 2.75) is 13.8 Å².